The van der Waals surface area contributed by atoms with Gasteiger partial charge in [-0.2, -0.15) is 8.78 Å². The van der Waals surface area contributed by atoms with Crippen molar-refractivity contribution >= 4 is 29.4 Å². The van der Waals surface area contributed by atoms with E-state index < -0.39 is 18.4 Å². The Balaban J connectivity index is 2.56. The summed E-state index contributed by atoms with van der Waals surface area (Å²) in [6.45, 7) is -0.918. The molecule has 98 valence electrons. The summed E-state index contributed by atoms with van der Waals surface area (Å²) in [5, 5.41) is 2.62. The molecule has 0 saturated carbocycles. The van der Waals surface area contributed by atoms with Crippen LogP contribution < -0.4 is 5.32 Å². The third kappa shape index (κ3) is 3.75. The van der Waals surface area contributed by atoms with Crippen LogP contribution in [-0.2, 0) is 9.53 Å². The molecule has 0 aromatic carbocycles. The van der Waals surface area contributed by atoms with Crippen molar-refractivity contribution < 1.29 is 18.3 Å². The van der Waals surface area contributed by atoms with E-state index in [9.17, 15) is 13.6 Å². The first-order valence-corrected chi connectivity index (χ1v) is 6.89. The number of hydrogen-bond donors (Lipinski definition) is 1. The maximum atomic E-state index is 13.2. The quantitative estimate of drug-likeness (QED) is 0.829. The summed E-state index contributed by atoms with van der Waals surface area (Å²) in [5.41, 5.74) is 0. The van der Waals surface area contributed by atoms with Gasteiger partial charge in [-0.1, -0.05) is 11.8 Å². The summed E-state index contributed by atoms with van der Waals surface area (Å²) < 4.78 is 30.7. The molecule has 0 radical (unpaired) electrons. The molecular weight excluding hydrogens is 270 g/mol. The van der Waals surface area contributed by atoms with E-state index in [0.717, 1.165) is 7.11 Å². The van der Waals surface area contributed by atoms with Crippen molar-refractivity contribution in [2.24, 2.45) is 0 Å². The largest absolute Gasteiger partial charge is 0.378 e. The van der Waals surface area contributed by atoms with Crippen LogP contribution in [-0.4, -0.2) is 48.5 Å². The molecule has 0 aromatic heterocycles. The number of thioether (sulfide) groups is 2. The third-order valence-electron chi connectivity index (χ3n) is 1.98. The smallest absolute Gasteiger partial charge is 0.347 e. The van der Waals surface area contributed by atoms with Crippen LogP contribution in [0.25, 0.3) is 0 Å². The van der Waals surface area contributed by atoms with Crippen molar-refractivity contribution in [2.75, 3.05) is 27.0 Å². The number of halogens is 2. The van der Waals surface area contributed by atoms with Gasteiger partial charge in [-0.05, 0) is 6.26 Å². The van der Waals surface area contributed by atoms with E-state index in [1.165, 1.54) is 11.8 Å². The van der Waals surface area contributed by atoms with Gasteiger partial charge in [0, 0.05) is 20.4 Å². The van der Waals surface area contributed by atoms with Gasteiger partial charge in [-0.3, -0.25) is 4.79 Å². The second-order valence-electron chi connectivity index (χ2n) is 3.41. The predicted molar refractivity (Wildman–Crippen MR) is 65.7 cm³/mol. The number of nitrogens with one attached hydrogen (secondary N) is 1. The van der Waals surface area contributed by atoms with Crippen LogP contribution in [0.15, 0.2) is 11.2 Å². The number of rotatable bonds is 5. The van der Waals surface area contributed by atoms with E-state index in [2.05, 4.69) is 10.1 Å². The summed E-state index contributed by atoms with van der Waals surface area (Å²) in [6.07, 6.45) is 3.54. The van der Waals surface area contributed by atoms with Crippen LogP contribution in [0.1, 0.15) is 0 Å². The number of amides is 1. The Labute approximate surface area is 107 Å². The Morgan fingerprint density at radius 3 is 2.88 bits per heavy atom. The molecule has 0 aromatic rings. The zero-order valence-electron chi connectivity index (χ0n) is 9.70. The zero-order valence-corrected chi connectivity index (χ0v) is 11.3. The normalized spacial score (nSPS) is 20.4. The van der Waals surface area contributed by atoms with Crippen molar-refractivity contribution in [3.63, 3.8) is 0 Å². The second-order valence-corrected chi connectivity index (χ2v) is 5.75. The van der Waals surface area contributed by atoms with Crippen molar-refractivity contribution in [1.82, 2.24) is 10.2 Å². The highest BCUT2D eigenvalue weighted by atomic mass is 32.2. The maximum absolute atomic E-state index is 13.2. The molecule has 0 saturated heterocycles. The second kappa shape index (κ2) is 5.92. The molecule has 0 spiro atoms. The molecule has 8 heteroatoms. The molecule has 17 heavy (non-hydrogen) atoms. The van der Waals surface area contributed by atoms with Crippen LogP contribution in [0, 0.1) is 0 Å². The van der Waals surface area contributed by atoms with Crippen LogP contribution >= 0.6 is 23.5 Å². The lowest BCUT2D eigenvalue weighted by Gasteiger charge is -2.16. The Morgan fingerprint density at radius 1 is 1.76 bits per heavy atom. The van der Waals surface area contributed by atoms with E-state index in [1.807, 2.05) is 18.2 Å². The summed E-state index contributed by atoms with van der Waals surface area (Å²) in [5.74, 6) is -4.85. The minimum absolute atomic E-state index is 0.0985. The summed E-state index contributed by atoms with van der Waals surface area (Å²) >= 11 is 2.89. The highest BCUT2D eigenvalue weighted by molar-refractivity contribution is 8.18. The fourth-order valence-electron chi connectivity index (χ4n) is 1.19. The van der Waals surface area contributed by atoms with Crippen molar-refractivity contribution in [3.8, 4) is 0 Å². The van der Waals surface area contributed by atoms with Gasteiger partial charge in [0.25, 0.3) is 5.91 Å². The number of hydrogen-bond acceptors (Lipinski definition) is 5. The first kappa shape index (κ1) is 14.6. The molecule has 1 N–H and O–H groups in total. The van der Waals surface area contributed by atoms with Gasteiger partial charge < -0.3 is 15.0 Å². The maximum Gasteiger partial charge on any atom is 0.347 e. The molecule has 0 bridgehead atoms. The zero-order chi connectivity index (χ0) is 13.1. The van der Waals surface area contributed by atoms with Gasteiger partial charge in [0.1, 0.15) is 11.3 Å². The van der Waals surface area contributed by atoms with Gasteiger partial charge in [0.15, 0.2) is 0 Å². The van der Waals surface area contributed by atoms with Gasteiger partial charge in [-0.25, -0.2) is 0 Å². The van der Waals surface area contributed by atoms with Gasteiger partial charge in [0.05, 0.1) is 5.03 Å². The highest BCUT2D eigenvalue weighted by Gasteiger charge is 2.40. The number of methoxy groups -OCH3 is 1. The minimum Gasteiger partial charge on any atom is -0.378 e. The monoisotopic (exact) mass is 284 g/mol. The number of alkyl halides is 2. The van der Waals surface area contributed by atoms with E-state index in [-0.39, 0.29) is 4.71 Å². The van der Waals surface area contributed by atoms with E-state index in [0.29, 0.717) is 5.03 Å². The molecule has 1 aliphatic heterocycles. The first-order valence-electron chi connectivity index (χ1n) is 4.72. The SMILES string of the molecule is COCC(F)(F)C(=O)NC1=CN(C)C(SC)S1. The third-order valence-corrected chi connectivity index (χ3v) is 4.57. The lowest BCUT2D eigenvalue weighted by molar-refractivity contribution is -0.151. The topological polar surface area (TPSA) is 41.6 Å². The summed E-state index contributed by atoms with van der Waals surface area (Å²) in [4.78, 5) is 13.1. The Morgan fingerprint density at radius 2 is 2.41 bits per heavy atom. The van der Waals surface area contributed by atoms with E-state index in [4.69, 9.17) is 0 Å². The number of ether oxygens (including phenoxy) is 1. The molecule has 1 rings (SSSR count). The Kier molecular flexibility index (Phi) is 5.08. The number of nitrogens with zero attached hydrogens (tertiary/aromatic N) is 1. The van der Waals surface area contributed by atoms with Crippen LogP contribution in [0.4, 0.5) is 8.78 Å². The minimum atomic E-state index is -3.51. The molecule has 4 nitrogen and oxygen atoms in total. The van der Waals surface area contributed by atoms with Crippen molar-refractivity contribution in [2.45, 2.75) is 10.6 Å². The molecule has 1 unspecified atom stereocenters. The van der Waals surface area contributed by atoms with Crippen LogP contribution in [0.5, 0.6) is 0 Å². The van der Waals surface area contributed by atoms with Gasteiger partial charge >= 0.3 is 5.92 Å². The lowest BCUT2D eigenvalue weighted by Crippen LogP contribution is -2.42. The fourth-order valence-corrected chi connectivity index (χ4v) is 3.11. The summed E-state index contributed by atoms with van der Waals surface area (Å²) in [6, 6.07) is 0. The van der Waals surface area contributed by atoms with E-state index in [1.54, 1.807) is 18.0 Å². The van der Waals surface area contributed by atoms with Crippen LogP contribution in [0.2, 0.25) is 0 Å². The molecule has 1 amide bonds. The fraction of sp³-hybridized carbons (Fsp3) is 0.667. The Bertz CT molecular complexity index is 326. The highest BCUT2D eigenvalue weighted by Crippen LogP contribution is 2.36. The molecule has 0 aliphatic carbocycles. The average Bonchev–Trinajstić information content (AvgIpc) is 2.58. The predicted octanol–water partition coefficient (Wildman–Crippen LogP) is 1.51. The van der Waals surface area contributed by atoms with Crippen molar-refractivity contribution in [3.05, 3.63) is 11.2 Å². The van der Waals surface area contributed by atoms with Gasteiger partial charge in [-0.15, -0.1) is 11.8 Å². The molecule has 1 aliphatic rings. The van der Waals surface area contributed by atoms with Crippen LogP contribution in [0.3, 0.4) is 0 Å². The standard InChI is InChI=1S/C9H14F2N2O2S2/c1-13-4-6(17-8(13)16-3)12-7(14)9(10,11)5-15-2/h4,8H,5H2,1-3H3,(H,12,14). The lowest BCUT2D eigenvalue weighted by atomic mass is 10.3. The molecule has 0 fully saturated rings. The molecular formula is C9H14F2N2O2S2. The average molecular weight is 284 g/mol. The Hall–Kier alpha value is -0.470. The first-order chi connectivity index (χ1) is 7.90. The number of carbonyl (C=O) groups excluding carboxylic acids is 1. The molecule has 1 heterocycles. The number of carbonyl (C=O) groups is 1. The van der Waals surface area contributed by atoms with Gasteiger partial charge in [0.2, 0.25) is 0 Å². The molecule has 1 atom stereocenters. The summed E-state index contributed by atoms with van der Waals surface area (Å²) in [7, 11) is 2.95. The van der Waals surface area contributed by atoms with Crippen molar-refractivity contribution in [1.29, 1.82) is 0 Å². The van der Waals surface area contributed by atoms with E-state index >= 15 is 0 Å².